The third-order valence-corrected chi connectivity index (χ3v) is 3.65. The van der Waals surface area contributed by atoms with Crippen molar-refractivity contribution < 1.29 is 19.3 Å². The molecule has 2 rings (SSSR count). The monoisotopic (exact) mass is 281 g/mol. The smallest absolute Gasteiger partial charge is 0.162 e. The first-order valence-electron chi connectivity index (χ1n) is 6.98. The molecule has 2 N–H and O–H groups in total. The number of aromatic hydroxyl groups is 1. The largest absolute Gasteiger partial charge is 0.504 e. The van der Waals surface area contributed by atoms with Gasteiger partial charge in [0, 0.05) is 38.8 Å². The lowest BCUT2D eigenvalue weighted by molar-refractivity contribution is -0.0159. The molecule has 0 bridgehead atoms. The van der Waals surface area contributed by atoms with Gasteiger partial charge in [-0.1, -0.05) is 12.1 Å². The van der Waals surface area contributed by atoms with Crippen molar-refractivity contribution in [1.82, 2.24) is 5.32 Å². The number of hydrogen-bond donors (Lipinski definition) is 2. The number of rotatable bonds is 7. The van der Waals surface area contributed by atoms with E-state index in [9.17, 15) is 5.11 Å². The molecular weight excluding hydrogens is 258 g/mol. The zero-order valence-electron chi connectivity index (χ0n) is 12.1. The summed E-state index contributed by atoms with van der Waals surface area (Å²) in [5.41, 5.74) is 0.578. The van der Waals surface area contributed by atoms with Gasteiger partial charge in [0.05, 0.1) is 13.2 Å². The maximum Gasteiger partial charge on any atom is 0.162 e. The molecule has 0 aliphatic carbocycles. The van der Waals surface area contributed by atoms with Gasteiger partial charge in [0.2, 0.25) is 0 Å². The highest BCUT2D eigenvalue weighted by Crippen LogP contribution is 2.30. The van der Waals surface area contributed by atoms with Crippen molar-refractivity contribution in [2.45, 2.75) is 25.5 Å². The number of ether oxygens (including phenoxy) is 3. The van der Waals surface area contributed by atoms with E-state index in [2.05, 4.69) is 5.32 Å². The van der Waals surface area contributed by atoms with Gasteiger partial charge in [-0.05, 0) is 13.0 Å². The van der Waals surface area contributed by atoms with Gasteiger partial charge in [-0.25, -0.2) is 0 Å². The molecule has 112 valence electrons. The molecule has 1 aliphatic heterocycles. The molecule has 1 aromatic rings. The van der Waals surface area contributed by atoms with E-state index in [0.717, 1.165) is 18.6 Å². The van der Waals surface area contributed by atoms with E-state index in [1.807, 2.05) is 19.1 Å². The van der Waals surface area contributed by atoms with Crippen LogP contribution in [0.3, 0.4) is 0 Å². The second-order valence-electron chi connectivity index (χ2n) is 4.99. The highest BCUT2D eigenvalue weighted by molar-refractivity contribution is 5.45. The van der Waals surface area contributed by atoms with Gasteiger partial charge in [-0.3, -0.25) is 0 Å². The molecule has 1 unspecified atom stereocenters. The zero-order valence-corrected chi connectivity index (χ0v) is 12.1. The molecule has 1 aliphatic rings. The summed E-state index contributed by atoms with van der Waals surface area (Å²) in [7, 11) is 1.71. The lowest BCUT2D eigenvalue weighted by atomic mass is 10.0. The predicted octanol–water partition coefficient (Wildman–Crippen LogP) is 1.69. The number of phenols is 1. The van der Waals surface area contributed by atoms with Crippen LogP contribution in [0.25, 0.3) is 0 Å². The highest BCUT2D eigenvalue weighted by Gasteiger charge is 2.34. The molecule has 0 spiro atoms. The summed E-state index contributed by atoms with van der Waals surface area (Å²) in [6.07, 6.45) is 0.890. The second-order valence-corrected chi connectivity index (χ2v) is 4.99. The SMILES string of the molecule is CCOc1cccc(CNCC2(OC)CCOC2)c1O. The van der Waals surface area contributed by atoms with Crippen LogP contribution in [0, 0.1) is 0 Å². The van der Waals surface area contributed by atoms with Crippen LogP contribution < -0.4 is 10.1 Å². The molecule has 1 aromatic carbocycles. The van der Waals surface area contributed by atoms with Gasteiger partial charge in [0.25, 0.3) is 0 Å². The standard InChI is InChI=1S/C15H23NO4/c1-3-20-13-6-4-5-12(14(13)17)9-16-10-15(18-2)7-8-19-11-15/h4-6,16-17H,3,7-11H2,1-2H3. The third-order valence-electron chi connectivity index (χ3n) is 3.65. The molecule has 0 amide bonds. The third kappa shape index (κ3) is 3.42. The van der Waals surface area contributed by atoms with Gasteiger partial charge in [-0.2, -0.15) is 0 Å². The van der Waals surface area contributed by atoms with Crippen molar-refractivity contribution >= 4 is 0 Å². The van der Waals surface area contributed by atoms with Crippen molar-refractivity contribution in [2.75, 3.05) is 33.5 Å². The van der Waals surface area contributed by atoms with Crippen LogP contribution >= 0.6 is 0 Å². The Hall–Kier alpha value is -1.30. The van der Waals surface area contributed by atoms with Gasteiger partial charge in [0.15, 0.2) is 11.5 Å². The number of benzene rings is 1. The van der Waals surface area contributed by atoms with Crippen molar-refractivity contribution in [1.29, 1.82) is 0 Å². The average Bonchev–Trinajstić information content (AvgIpc) is 2.92. The molecule has 0 aromatic heterocycles. The summed E-state index contributed by atoms with van der Waals surface area (Å²) in [5.74, 6) is 0.730. The van der Waals surface area contributed by atoms with Crippen LogP contribution in [0.5, 0.6) is 11.5 Å². The molecule has 5 nitrogen and oxygen atoms in total. The Bertz CT molecular complexity index is 430. The molecule has 0 saturated carbocycles. The first kappa shape index (κ1) is 15.1. The first-order chi connectivity index (χ1) is 9.71. The van der Waals surface area contributed by atoms with Crippen LogP contribution in [0.15, 0.2) is 18.2 Å². The van der Waals surface area contributed by atoms with Gasteiger partial charge >= 0.3 is 0 Å². The number of phenolic OH excluding ortho intramolecular Hbond substituents is 1. The van der Waals surface area contributed by atoms with E-state index in [1.165, 1.54) is 0 Å². The van der Waals surface area contributed by atoms with E-state index in [4.69, 9.17) is 14.2 Å². The minimum absolute atomic E-state index is 0.205. The summed E-state index contributed by atoms with van der Waals surface area (Å²) < 4.78 is 16.3. The van der Waals surface area contributed by atoms with Crippen LogP contribution in [0.4, 0.5) is 0 Å². The van der Waals surface area contributed by atoms with Gasteiger partial charge < -0.3 is 24.6 Å². The van der Waals surface area contributed by atoms with Crippen molar-refractivity contribution in [3.05, 3.63) is 23.8 Å². The molecular formula is C15H23NO4. The van der Waals surface area contributed by atoms with E-state index in [0.29, 0.717) is 32.1 Å². The lowest BCUT2D eigenvalue weighted by Gasteiger charge is -2.26. The predicted molar refractivity (Wildman–Crippen MR) is 76.2 cm³/mol. The summed E-state index contributed by atoms with van der Waals surface area (Å²) in [5, 5.41) is 13.4. The molecule has 1 atom stereocenters. The van der Waals surface area contributed by atoms with E-state index in [-0.39, 0.29) is 11.4 Å². The van der Waals surface area contributed by atoms with Crippen LogP contribution in [-0.2, 0) is 16.0 Å². The minimum atomic E-state index is -0.243. The maximum atomic E-state index is 10.1. The fraction of sp³-hybridized carbons (Fsp3) is 0.600. The van der Waals surface area contributed by atoms with Crippen LogP contribution in [0.1, 0.15) is 18.9 Å². The number of para-hydroxylation sites is 1. The highest BCUT2D eigenvalue weighted by atomic mass is 16.5. The topological polar surface area (TPSA) is 60.0 Å². The molecule has 20 heavy (non-hydrogen) atoms. The average molecular weight is 281 g/mol. The number of nitrogens with one attached hydrogen (secondary N) is 1. The van der Waals surface area contributed by atoms with Crippen LogP contribution in [-0.4, -0.2) is 44.2 Å². The summed E-state index contributed by atoms with van der Waals surface area (Å²) in [6, 6.07) is 5.53. The lowest BCUT2D eigenvalue weighted by Crippen LogP contribution is -2.42. The van der Waals surface area contributed by atoms with E-state index in [1.54, 1.807) is 13.2 Å². The van der Waals surface area contributed by atoms with E-state index >= 15 is 0 Å². The Kier molecular flexibility index (Phi) is 5.23. The molecule has 1 heterocycles. The normalized spacial score (nSPS) is 22.1. The van der Waals surface area contributed by atoms with Crippen molar-refractivity contribution in [2.24, 2.45) is 0 Å². The van der Waals surface area contributed by atoms with Crippen molar-refractivity contribution in [3.8, 4) is 11.5 Å². The Morgan fingerprint density at radius 2 is 2.30 bits per heavy atom. The molecule has 5 heteroatoms. The van der Waals surface area contributed by atoms with Gasteiger partial charge in [0.1, 0.15) is 5.60 Å². The quantitative estimate of drug-likeness (QED) is 0.796. The Morgan fingerprint density at radius 3 is 2.95 bits per heavy atom. The summed E-state index contributed by atoms with van der Waals surface area (Å²) >= 11 is 0. The number of hydrogen-bond acceptors (Lipinski definition) is 5. The van der Waals surface area contributed by atoms with Crippen molar-refractivity contribution in [3.63, 3.8) is 0 Å². The number of methoxy groups -OCH3 is 1. The summed E-state index contributed by atoms with van der Waals surface area (Å²) in [6.45, 7) is 5.04. The minimum Gasteiger partial charge on any atom is -0.504 e. The fourth-order valence-electron chi connectivity index (χ4n) is 2.37. The van der Waals surface area contributed by atoms with Crippen LogP contribution in [0.2, 0.25) is 0 Å². The Morgan fingerprint density at radius 1 is 1.45 bits per heavy atom. The first-order valence-corrected chi connectivity index (χ1v) is 6.98. The molecule has 1 fully saturated rings. The Labute approximate surface area is 119 Å². The zero-order chi connectivity index (χ0) is 14.4. The maximum absolute atomic E-state index is 10.1. The van der Waals surface area contributed by atoms with E-state index < -0.39 is 0 Å². The second kappa shape index (κ2) is 6.92. The Balaban J connectivity index is 1.92. The molecule has 1 saturated heterocycles. The summed E-state index contributed by atoms with van der Waals surface area (Å²) in [4.78, 5) is 0. The van der Waals surface area contributed by atoms with Gasteiger partial charge in [-0.15, -0.1) is 0 Å². The fourth-order valence-corrected chi connectivity index (χ4v) is 2.37. The molecule has 0 radical (unpaired) electrons.